The zero-order valence-corrected chi connectivity index (χ0v) is 11.2. The van der Waals surface area contributed by atoms with E-state index in [2.05, 4.69) is 24.9 Å². The lowest BCUT2D eigenvalue weighted by Crippen LogP contribution is -1.97. The molecule has 3 nitrogen and oxygen atoms in total. The van der Waals surface area contributed by atoms with Crippen LogP contribution in [0.4, 0.5) is 5.69 Å². The molecule has 2 aromatic rings. The van der Waals surface area contributed by atoms with Gasteiger partial charge in [0, 0.05) is 5.56 Å². The molecule has 1 aromatic heterocycles. The number of aromatic nitrogens is 1. The summed E-state index contributed by atoms with van der Waals surface area (Å²) in [6.45, 7) is 6.11. The maximum Gasteiger partial charge on any atom is 0.128 e. The number of nitrogens with two attached hydrogens (primary N) is 1. The lowest BCUT2D eigenvalue weighted by atomic mass is 10.00. The first kappa shape index (κ1) is 12.4. The van der Waals surface area contributed by atoms with Crippen molar-refractivity contribution < 1.29 is 4.74 Å². The number of benzene rings is 1. The highest BCUT2D eigenvalue weighted by Crippen LogP contribution is 2.33. The van der Waals surface area contributed by atoms with Crippen LogP contribution in [0.5, 0.6) is 5.75 Å². The zero-order chi connectivity index (χ0) is 13.3. The van der Waals surface area contributed by atoms with Crippen LogP contribution in [0.1, 0.15) is 16.7 Å². The van der Waals surface area contributed by atoms with Gasteiger partial charge in [0.15, 0.2) is 0 Å². The van der Waals surface area contributed by atoms with E-state index < -0.39 is 0 Å². The van der Waals surface area contributed by atoms with Crippen LogP contribution in [0, 0.1) is 20.8 Å². The molecule has 0 saturated carbocycles. The number of anilines is 1. The molecule has 0 radical (unpaired) electrons. The van der Waals surface area contributed by atoms with E-state index in [0.717, 1.165) is 28.1 Å². The van der Waals surface area contributed by atoms with Crippen LogP contribution in [0.2, 0.25) is 0 Å². The summed E-state index contributed by atoms with van der Waals surface area (Å²) in [5, 5.41) is 0. The van der Waals surface area contributed by atoms with Crippen molar-refractivity contribution in [3.05, 3.63) is 41.1 Å². The van der Waals surface area contributed by atoms with E-state index in [0.29, 0.717) is 5.69 Å². The van der Waals surface area contributed by atoms with Gasteiger partial charge in [-0.15, -0.1) is 0 Å². The van der Waals surface area contributed by atoms with Crippen molar-refractivity contribution in [2.75, 3.05) is 12.8 Å². The van der Waals surface area contributed by atoms with E-state index in [-0.39, 0.29) is 0 Å². The first-order chi connectivity index (χ1) is 8.52. The standard InChI is InChI=1S/C15H18N2O/c1-9-5-11(3)15(14(6-9)18-4)13-7-10(2)12(16)8-17-13/h5-8H,16H2,1-4H3. The normalized spacial score (nSPS) is 10.4. The Balaban J connectivity index is 2.66. The molecule has 0 fully saturated rings. The molecule has 0 amide bonds. The van der Waals surface area contributed by atoms with Gasteiger partial charge in [0.1, 0.15) is 5.75 Å². The molecule has 1 aromatic carbocycles. The van der Waals surface area contributed by atoms with Gasteiger partial charge < -0.3 is 10.5 Å². The van der Waals surface area contributed by atoms with Crippen LogP contribution in [0.15, 0.2) is 24.4 Å². The average Bonchev–Trinajstić information content (AvgIpc) is 2.32. The second-order valence-electron chi connectivity index (χ2n) is 4.59. The lowest BCUT2D eigenvalue weighted by molar-refractivity contribution is 0.415. The van der Waals surface area contributed by atoms with Crippen LogP contribution >= 0.6 is 0 Å². The second-order valence-corrected chi connectivity index (χ2v) is 4.59. The van der Waals surface area contributed by atoms with Gasteiger partial charge >= 0.3 is 0 Å². The SMILES string of the molecule is COc1cc(C)cc(C)c1-c1cc(C)c(N)cn1. The molecule has 0 aliphatic carbocycles. The molecule has 0 unspecified atom stereocenters. The highest BCUT2D eigenvalue weighted by Gasteiger charge is 2.12. The van der Waals surface area contributed by atoms with Crippen LogP contribution in [-0.2, 0) is 0 Å². The fourth-order valence-corrected chi connectivity index (χ4v) is 2.12. The minimum absolute atomic E-state index is 0.711. The number of nitrogens with zero attached hydrogens (tertiary/aromatic N) is 1. The molecule has 0 saturated heterocycles. The number of nitrogen functional groups attached to an aromatic ring is 1. The molecule has 2 rings (SSSR count). The summed E-state index contributed by atoms with van der Waals surface area (Å²) in [5.41, 5.74) is 11.8. The van der Waals surface area contributed by atoms with Gasteiger partial charge in [-0.3, -0.25) is 4.98 Å². The third-order valence-corrected chi connectivity index (χ3v) is 3.07. The first-order valence-electron chi connectivity index (χ1n) is 5.90. The number of pyridine rings is 1. The van der Waals surface area contributed by atoms with Gasteiger partial charge in [-0.1, -0.05) is 6.07 Å². The largest absolute Gasteiger partial charge is 0.496 e. The van der Waals surface area contributed by atoms with Crippen LogP contribution in [0.3, 0.4) is 0 Å². The topological polar surface area (TPSA) is 48.1 Å². The Kier molecular flexibility index (Phi) is 3.24. The molecule has 0 aliphatic rings. The van der Waals surface area contributed by atoms with Gasteiger partial charge in [-0.2, -0.15) is 0 Å². The monoisotopic (exact) mass is 242 g/mol. The molecule has 3 heteroatoms. The molecule has 1 heterocycles. The van der Waals surface area contributed by atoms with Crippen molar-refractivity contribution in [3.8, 4) is 17.0 Å². The van der Waals surface area contributed by atoms with Gasteiger partial charge in [-0.05, 0) is 49.6 Å². The molecule has 94 valence electrons. The van der Waals surface area contributed by atoms with Crippen molar-refractivity contribution in [1.82, 2.24) is 4.98 Å². The lowest BCUT2D eigenvalue weighted by Gasteiger charge is -2.13. The average molecular weight is 242 g/mol. The van der Waals surface area contributed by atoms with Crippen molar-refractivity contribution in [1.29, 1.82) is 0 Å². The fourth-order valence-electron chi connectivity index (χ4n) is 2.12. The van der Waals surface area contributed by atoms with Crippen molar-refractivity contribution in [2.24, 2.45) is 0 Å². The molecule has 0 spiro atoms. The van der Waals surface area contributed by atoms with Gasteiger partial charge in [0.05, 0.1) is 24.7 Å². The maximum absolute atomic E-state index is 5.81. The summed E-state index contributed by atoms with van der Waals surface area (Å²) in [7, 11) is 1.68. The fraction of sp³-hybridized carbons (Fsp3) is 0.267. The van der Waals surface area contributed by atoms with Crippen molar-refractivity contribution in [2.45, 2.75) is 20.8 Å². The highest BCUT2D eigenvalue weighted by atomic mass is 16.5. The van der Waals surface area contributed by atoms with E-state index in [9.17, 15) is 0 Å². The quantitative estimate of drug-likeness (QED) is 0.879. The third kappa shape index (κ3) is 2.16. The Morgan fingerprint density at radius 1 is 1.06 bits per heavy atom. The number of rotatable bonds is 2. The Morgan fingerprint density at radius 3 is 2.39 bits per heavy atom. The Bertz CT molecular complexity index is 591. The number of methoxy groups -OCH3 is 1. The summed E-state index contributed by atoms with van der Waals surface area (Å²) in [6, 6.07) is 6.15. The number of aryl methyl sites for hydroxylation is 3. The maximum atomic E-state index is 5.81. The third-order valence-electron chi connectivity index (χ3n) is 3.07. The molecular formula is C15H18N2O. The number of hydrogen-bond acceptors (Lipinski definition) is 3. The van der Waals surface area contributed by atoms with E-state index in [1.807, 2.05) is 19.1 Å². The smallest absolute Gasteiger partial charge is 0.128 e. The molecule has 0 bridgehead atoms. The molecule has 18 heavy (non-hydrogen) atoms. The zero-order valence-electron chi connectivity index (χ0n) is 11.2. The summed E-state index contributed by atoms with van der Waals surface area (Å²) < 4.78 is 5.46. The Labute approximate surface area is 108 Å². The summed E-state index contributed by atoms with van der Waals surface area (Å²) in [4.78, 5) is 4.40. The summed E-state index contributed by atoms with van der Waals surface area (Å²) in [5.74, 6) is 0.851. The van der Waals surface area contributed by atoms with E-state index >= 15 is 0 Å². The second kappa shape index (κ2) is 4.69. The molecule has 0 aliphatic heterocycles. The van der Waals surface area contributed by atoms with E-state index in [1.165, 1.54) is 5.56 Å². The van der Waals surface area contributed by atoms with Gasteiger partial charge in [0.25, 0.3) is 0 Å². The van der Waals surface area contributed by atoms with Crippen LogP contribution in [-0.4, -0.2) is 12.1 Å². The molecule has 2 N–H and O–H groups in total. The predicted octanol–water partition coefficient (Wildman–Crippen LogP) is 3.26. The number of hydrogen-bond donors (Lipinski definition) is 1. The Morgan fingerprint density at radius 2 is 1.78 bits per heavy atom. The minimum atomic E-state index is 0.711. The van der Waals surface area contributed by atoms with Crippen molar-refractivity contribution in [3.63, 3.8) is 0 Å². The van der Waals surface area contributed by atoms with E-state index in [1.54, 1.807) is 13.3 Å². The Hall–Kier alpha value is -2.03. The van der Waals surface area contributed by atoms with Crippen LogP contribution < -0.4 is 10.5 Å². The van der Waals surface area contributed by atoms with Crippen molar-refractivity contribution >= 4 is 5.69 Å². The van der Waals surface area contributed by atoms with Gasteiger partial charge in [0.2, 0.25) is 0 Å². The minimum Gasteiger partial charge on any atom is -0.496 e. The molecule has 0 atom stereocenters. The number of ether oxygens (including phenoxy) is 1. The van der Waals surface area contributed by atoms with Crippen LogP contribution in [0.25, 0.3) is 11.3 Å². The first-order valence-corrected chi connectivity index (χ1v) is 5.90. The summed E-state index contributed by atoms with van der Waals surface area (Å²) in [6.07, 6.45) is 1.70. The highest BCUT2D eigenvalue weighted by molar-refractivity contribution is 5.73. The van der Waals surface area contributed by atoms with E-state index in [4.69, 9.17) is 10.5 Å². The summed E-state index contributed by atoms with van der Waals surface area (Å²) >= 11 is 0. The van der Waals surface area contributed by atoms with Gasteiger partial charge in [-0.25, -0.2) is 0 Å². The predicted molar refractivity (Wildman–Crippen MR) is 74.8 cm³/mol. The molecular weight excluding hydrogens is 224 g/mol.